The summed E-state index contributed by atoms with van der Waals surface area (Å²) in [6.07, 6.45) is 4.15. The van der Waals surface area contributed by atoms with Crippen LogP contribution in [-0.2, 0) is 6.54 Å². The molecule has 17 heavy (non-hydrogen) atoms. The van der Waals surface area contributed by atoms with E-state index in [1.807, 2.05) is 13.2 Å². The highest BCUT2D eigenvalue weighted by Crippen LogP contribution is 2.23. The van der Waals surface area contributed by atoms with E-state index in [9.17, 15) is 0 Å². The van der Waals surface area contributed by atoms with Gasteiger partial charge in [0.05, 0.1) is 0 Å². The third-order valence-corrected chi connectivity index (χ3v) is 3.53. The minimum absolute atomic E-state index is 0.555. The van der Waals surface area contributed by atoms with Crippen LogP contribution in [0.2, 0.25) is 0 Å². The van der Waals surface area contributed by atoms with Crippen LogP contribution in [0.25, 0.3) is 0 Å². The summed E-state index contributed by atoms with van der Waals surface area (Å²) < 4.78 is 1.03. The zero-order valence-electron chi connectivity index (χ0n) is 11.1. The van der Waals surface area contributed by atoms with Gasteiger partial charge in [0, 0.05) is 35.9 Å². The van der Waals surface area contributed by atoms with Gasteiger partial charge in [0.15, 0.2) is 0 Å². The van der Waals surface area contributed by atoms with Crippen LogP contribution in [0.1, 0.15) is 32.3 Å². The Hall–Kier alpha value is -0.610. The number of halogens is 1. The predicted octanol–water partition coefficient (Wildman–Crippen LogP) is 3.19. The van der Waals surface area contributed by atoms with Crippen LogP contribution >= 0.6 is 15.9 Å². The van der Waals surface area contributed by atoms with Crippen LogP contribution in [0.15, 0.2) is 16.7 Å². The maximum Gasteiger partial charge on any atom is 0.133 e. The molecule has 1 aromatic heterocycles. The van der Waals surface area contributed by atoms with Crippen molar-refractivity contribution in [3.05, 3.63) is 22.3 Å². The Morgan fingerprint density at radius 3 is 2.59 bits per heavy atom. The van der Waals surface area contributed by atoms with Gasteiger partial charge in [-0.2, -0.15) is 0 Å². The Morgan fingerprint density at radius 1 is 1.41 bits per heavy atom. The molecule has 0 aromatic carbocycles. The summed E-state index contributed by atoms with van der Waals surface area (Å²) in [7, 11) is 4.09. The molecule has 0 aliphatic carbocycles. The molecular weight excluding hydrogens is 278 g/mol. The first kappa shape index (κ1) is 14.5. The molecule has 0 amide bonds. The Kier molecular flexibility index (Phi) is 5.92. The van der Waals surface area contributed by atoms with E-state index >= 15 is 0 Å². The molecule has 0 spiro atoms. The number of hydrogen-bond donors (Lipinski definition) is 1. The van der Waals surface area contributed by atoms with Gasteiger partial charge in [0.1, 0.15) is 5.82 Å². The topological polar surface area (TPSA) is 28.2 Å². The van der Waals surface area contributed by atoms with Crippen LogP contribution in [0.5, 0.6) is 0 Å². The van der Waals surface area contributed by atoms with Gasteiger partial charge < -0.3 is 10.2 Å². The van der Waals surface area contributed by atoms with Crippen molar-refractivity contribution in [3.63, 3.8) is 0 Å². The lowest BCUT2D eigenvalue weighted by molar-refractivity contribution is 0.583. The Balaban J connectivity index is 3.02. The van der Waals surface area contributed by atoms with Crippen molar-refractivity contribution < 1.29 is 0 Å². The van der Waals surface area contributed by atoms with E-state index in [-0.39, 0.29) is 0 Å². The summed E-state index contributed by atoms with van der Waals surface area (Å²) in [4.78, 5) is 6.84. The second-order valence-electron chi connectivity index (χ2n) is 4.25. The number of nitrogens with zero attached hydrogens (tertiary/aromatic N) is 2. The van der Waals surface area contributed by atoms with Crippen molar-refractivity contribution >= 4 is 21.7 Å². The maximum absolute atomic E-state index is 4.55. The van der Waals surface area contributed by atoms with Crippen LogP contribution in [-0.4, -0.2) is 25.1 Å². The van der Waals surface area contributed by atoms with Gasteiger partial charge in [-0.25, -0.2) is 4.98 Å². The van der Waals surface area contributed by atoms with Crippen molar-refractivity contribution in [2.24, 2.45) is 0 Å². The molecule has 0 radical (unpaired) electrons. The first-order valence-corrected chi connectivity index (χ1v) is 6.95. The predicted molar refractivity (Wildman–Crippen MR) is 77.5 cm³/mol. The zero-order chi connectivity index (χ0) is 12.8. The summed E-state index contributed by atoms with van der Waals surface area (Å²) >= 11 is 3.48. The number of rotatable bonds is 6. The largest absolute Gasteiger partial charge is 0.356 e. The second kappa shape index (κ2) is 6.97. The van der Waals surface area contributed by atoms with Gasteiger partial charge in [0.2, 0.25) is 0 Å². The average Bonchev–Trinajstić information content (AvgIpc) is 2.31. The summed E-state index contributed by atoms with van der Waals surface area (Å²) in [5.74, 6) is 1.08. The molecule has 0 saturated heterocycles. The van der Waals surface area contributed by atoms with Gasteiger partial charge in [-0.05, 0) is 41.9 Å². The lowest BCUT2D eigenvalue weighted by Crippen LogP contribution is -2.32. The van der Waals surface area contributed by atoms with Crippen molar-refractivity contribution in [3.8, 4) is 0 Å². The number of aromatic nitrogens is 1. The van der Waals surface area contributed by atoms with Crippen LogP contribution in [0.4, 0.5) is 5.82 Å². The molecule has 0 unspecified atom stereocenters. The lowest BCUT2D eigenvalue weighted by Gasteiger charge is -2.29. The molecule has 1 heterocycles. The van der Waals surface area contributed by atoms with E-state index in [1.54, 1.807) is 0 Å². The third kappa shape index (κ3) is 3.68. The summed E-state index contributed by atoms with van der Waals surface area (Å²) in [5, 5.41) is 3.19. The molecule has 0 atom stereocenters. The molecule has 3 nitrogen and oxygen atoms in total. The van der Waals surface area contributed by atoms with Crippen molar-refractivity contribution in [2.75, 3.05) is 19.0 Å². The fourth-order valence-corrected chi connectivity index (χ4v) is 2.50. The first-order valence-electron chi connectivity index (χ1n) is 6.15. The first-order chi connectivity index (χ1) is 8.13. The van der Waals surface area contributed by atoms with E-state index in [4.69, 9.17) is 0 Å². The quantitative estimate of drug-likeness (QED) is 0.874. The van der Waals surface area contributed by atoms with E-state index in [0.29, 0.717) is 6.04 Å². The van der Waals surface area contributed by atoms with Gasteiger partial charge in [0.25, 0.3) is 0 Å². The van der Waals surface area contributed by atoms with Gasteiger partial charge in [-0.1, -0.05) is 13.8 Å². The van der Waals surface area contributed by atoms with Crippen LogP contribution in [0.3, 0.4) is 0 Å². The van der Waals surface area contributed by atoms with E-state index < -0.39 is 0 Å². The molecule has 0 aliphatic heterocycles. The molecule has 0 saturated carbocycles. The molecule has 1 aromatic rings. The minimum Gasteiger partial charge on any atom is -0.356 e. The minimum atomic E-state index is 0.555. The highest BCUT2D eigenvalue weighted by molar-refractivity contribution is 9.10. The monoisotopic (exact) mass is 299 g/mol. The zero-order valence-corrected chi connectivity index (χ0v) is 12.7. The Morgan fingerprint density at radius 2 is 2.06 bits per heavy atom. The number of hydrogen-bond acceptors (Lipinski definition) is 3. The molecule has 1 rings (SSSR count). The highest BCUT2D eigenvalue weighted by Gasteiger charge is 2.15. The van der Waals surface area contributed by atoms with Crippen molar-refractivity contribution in [2.45, 2.75) is 39.3 Å². The summed E-state index contributed by atoms with van der Waals surface area (Å²) in [5.41, 5.74) is 1.23. The Labute approximate surface area is 113 Å². The van der Waals surface area contributed by atoms with Crippen LogP contribution in [0, 0.1) is 0 Å². The Bertz CT molecular complexity index is 351. The molecule has 0 aliphatic rings. The number of pyridine rings is 1. The highest BCUT2D eigenvalue weighted by atomic mass is 79.9. The van der Waals surface area contributed by atoms with Crippen molar-refractivity contribution in [1.82, 2.24) is 10.3 Å². The van der Waals surface area contributed by atoms with Gasteiger partial charge in [-0.3, -0.25) is 0 Å². The second-order valence-corrected chi connectivity index (χ2v) is 5.16. The molecule has 1 N–H and O–H groups in total. The molecule has 0 bridgehead atoms. The van der Waals surface area contributed by atoms with Gasteiger partial charge in [-0.15, -0.1) is 0 Å². The van der Waals surface area contributed by atoms with Gasteiger partial charge >= 0.3 is 0 Å². The molecule has 4 heteroatoms. The fourth-order valence-electron chi connectivity index (χ4n) is 2.12. The smallest absolute Gasteiger partial charge is 0.133 e. The van der Waals surface area contributed by atoms with Crippen LogP contribution < -0.4 is 10.2 Å². The third-order valence-electron chi connectivity index (χ3n) is 3.10. The summed E-state index contributed by atoms with van der Waals surface area (Å²) in [6.45, 7) is 5.29. The standard InChI is InChI=1S/C13H22BrN3/c1-5-12(6-2)17(4)13-10(8-15-3)7-11(14)9-16-13/h7,9,12,15H,5-6,8H2,1-4H3. The molecule has 96 valence electrons. The fraction of sp³-hybridized carbons (Fsp3) is 0.615. The molecular formula is C13H22BrN3. The maximum atomic E-state index is 4.55. The SMILES string of the molecule is CCC(CC)N(C)c1ncc(Br)cc1CNC. The summed E-state index contributed by atoms with van der Waals surface area (Å²) in [6, 6.07) is 2.69. The normalized spacial score (nSPS) is 10.9. The van der Waals surface area contributed by atoms with E-state index in [2.05, 4.69) is 58.1 Å². The number of nitrogens with one attached hydrogen (secondary N) is 1. The molecule has 0 fully saturated rings. The average molecular weight is 300 g/mol. The lowest BCUT2D eigenvalue weighted by atomic mass is 10.1. The van der Waals surface area contributed by atoms with E-state index in [0.717, 1.165) is 29.7 Å². The number of anilines is 1. The van der Waals surface area contributed by atoms with Crippen molar-refractivity contribution in [1.29, 1.82) is 0 Å². The van der Waals surface area contributed by atoms with E-state index in [1.165, 1.54) is 5.56 Å².